The number of aryl methyl sites for hydroxylation is 2. The number of carbonyl (C=O) groups is 2. The van der Waals surface area contributed by atoms with E-state index in [0.29, 0.717) is 23.7 Å². The van der Waals surface area contributed by atoms with Crippen LogP contribution in [0, 0.1) is 0 Å². The van der Waals surface area contributed by atoms with Crippen molar-refractivity contribution in [1.29, 1.82) is 0 Å². The number of hydrogen-bond donors (Lipinski definition) is 0. The van der Waals surface area contributed by atoms with Crippen molar-refractivity contribution in [2.45, 2.75) is 63.8 Å². The minimum atomic E-state index is -0.452. The maximum atomic E-state index is 13.7. The Morgan fingerprint density at radius 3 is 2.38 bits per heavy atom. The fourth-order valence-corrected chi connectivity index (χ4v) is 8.72. The van der Waals surface area contributed by atoms with Crippen LogP contribution in [0.15, 0.2) is 78.1 Å². The number of nitrogens with zero attached hydrogens (tertiary/aromatic N) is 3. The summed E-state index contributed by atoms with van der Waals surface area (Å²) < 4.78 is 7.89. The molecule has 0 aromatic heterocycles. The Labute approximate surface area is 282 Å². The van der Waals surface area contributed by atoms with Gasteiger partial charge in [0.1, 0.15) is 0 Å². The second-order valence-electron chi connectivity index (χ2n) is 14.5. The topological polar surface area (TPSA) is 75.9 Å². The molecule has 4 aliphatic heterocycles. The van der Waals surface area contributed by atoms with E-state index in [9.17, 15) is 14.7 Å². The summed E-state index contributed by atoms with van der Waals surface area (Å²) in [5.74, 6) is -0.731. The second-order valence-corrected chi connectivity index (χ2v) is 14.5. The van der Waals surface area contributed by atoms with Gasteiger partial charge >= 0.3 is 5.97 Å². The van der Waals surface area contributed by atoms with Gasteiger partial charge in [-0.1, -0.05) is 36.1 Å². The molecule has 0 amide bonds. The minimum Gasteiger partial charge on any atom is -0.871 e. The van der Waals surface area contributed by atoms with Crippen LogP contribution in [0.25, 0.3) is 5.57 Å². The lowest BCUT2D eigenvalue weighted by molar-refractivity contribution is -0.440. The Hall–Kier alpha value is -4.49. The largest absolute Gasteiger partial charge is 0.871 e. The number of ether oxygens (including phenoxy) is 1. The number of para-hydroxylation sites is 1. The molecule has 8 rings (SSSR count). The molecule has 1 atom stereocenters. The molecule has 1 aliphatic carbocycles. The zero-order valence-corrected chi connectivity index (χ0v) is 28.2. The van der Waals surface area contributed by atoms with Crippen LogP contribution in [0.1, 0.15) is 83.7 Å². The number of benzene rings is 3. The third-order valence-corrected chi connectivity index (χ3v) is 11.2. The van der Waals surface area contributed by atoms with Gasteiger partial charge in [-0.2, -0.15) is 4.58 Å². The number of esters is 1. The molecule has 0 radical (unpaired) electrons. The quantitative estimate of drug-likeness (QED) is 0.188. The molecule has 0 spiro atoms. The van der Waals surface area contributed by atoms with Crippen LogP contribution in [0.4, 0.5) is 11.4 Å². The number of carbonyl (C=O) groups excluding carboxylic acids is 2. The highest BCUT2D eigenvalue weighted by molar-refractivity contribution is 6.40. The first-order chi connectivity index (χ1) is 23.2. The molecule has 1 saturated heterocycles. The van der Waals surface area contributed by atoms with E-state index in [4.69, 9.17) is 4.74 Å². The molecule has 0 bridgehead atoms. The lowest BCUT2D eigenvalue weighted by atomic mass is 9.77. The molecule has 3 aromatic carbocycles. The van der Waals surface area contributed by atoms with E-state index < -0.39 is 5.41 Å². The summed E-state index contributed by atoms with van der Waals surface area (Å²) in [7, 11) is 2.14. The van der Waals surface area contributed by atoms with E-state index in [2.05, 4.69) is 53.5 Å². The van der Waals surface area contributed by atoms with E-state index in [-0.39, 0.29) is 29.7 Å². The Morgan fingerprint density at radius 2 is 1.71 bits per heavy atom. The molecule has 48 heavy (non-hydrogen) atoms. The van der Waals surface area contributed by atoms with E-state index in [0.717, 1.165) is 74.3 Å². The molecule has 1 fully saturated rings. The predicted molar refractivity (Wildman–Crippen MR) is 186 cm³/mol. The van der Waals surface area contributed by atoms with Crippen molar-refractivity contribution in [3.05, 3.63) is 111 Å². The number of Topliss-reactive ketones (excluding diaryl/α,β-unsaturated/α-hetero) is 1. The average Bonchev–Trinajstić information content (AvgIpc) is 3.61. The van der Waals surface area contributed by atoms with Crippen molar-refractivity contribution in [3.63, 3.8) is 0 Å². The molecule has 3 aromatic rings. The van der Waals surface area contributed by atoms with Gasteiger partial charge in [0.2, 0.25) is 5.69 Å². The Kier molecular flexibility index (Phi) is 7.63. The van der Waals surface area contributed by atoms with Crippen LogP contribution < -0.4 is 10.0 Å². The Balaban J connectivity index is 1.06. The van der Waals surface area contributed by atoms with E-state index in [1.54, 1.807) is 6.08 Å². The zero-order chi connectivity index (χ0) is 33.2. The molecule has 246 valence electrons. The molecular weight excluding hydrogens is 598 g/mol. The molecule has 1 unspecified atom stereocenters. The van der Waals surface area contributed by atoms with Gasteiger partial charge in [0.15, 0.2) is 24.6 Å². The van der Waals surface area contributed by atoms with Crippen LogP contribution in [-0.4, -0.2) is 66.8 Å². The molecule has 7 heteroatoms. The van der Waals surface area contributed by atoms with Gasteiger partial charge in [0.05, 0.1) is 11.0 Å². The van der Waals surface area contributed by atoms with E-state index in [1.807, 2.05) is 42.5 Å². The highest BCUT2D eigenvalue weighted by atomic mass is 16.5. The SMILES string of the molecule is CN1CCCC1c1ccc(C(=O)OCC[N+]2=C(C=C3C(=O)C(c4cc5c6c(c4)CCCN6CCC5)=C3[O-])C(C)(C)c3ccccc32)cc1. The van der Waals surface area contributed by atoms with Crippen LogP contribution in [0.2, 0.25) is 0 Å². The summed E-state index contributed by atoms with van der Waals surface area (Å²) in [5, 5.41) is 13.7. The monoisotopic (exact) mass is 641 g/mol. The van der Waals surface area contributed by atoms with E-state index in [1.165, 1.54) is 28.8 Å². The molecular formula is C41H43N3O4. The van der Waals surface area contributed by atoms with Crippen LogP contribution in [0.3, 0.4) is 0 Å². The number of rotatable bonds is 7. The summed E-state index contributed by atoms with van der Waals surface area (Å²) >= 11 is 0. The van der Waals surface area contributed by atoms with Crippen molar-refractivity contribution in [2.24, 2.45) is 0 Å². The highest BCUT2D eigenvalue weighted by Gasteiger charge is 2.45. The molecule has 0 N–H and O–H groups in total. The average molecular weight is 642 g/mol. The number of fused-ring (bicyclic) bond motifs is 1. The van der Waals surface area contributed by atoms with Crippen molar-refractivity contribution < 1.29 is 24.0 Å². The van der Waals surface area contributed by atoms with Crippen molar-refractivity contribution >= 4 is 34.4 Å². The van der Waals surface area contributed by atoms with Gasteiger partial charge in [0, 0.05) is 53.7 Å². The number of hydrogen-bond acceptors (Lipinski definition) is 6. The lowest BCUT2D eigenvalue weighted by Gasteiger charge is -2.38. The van der Waals surface area contributed by atoms with Gasteiger partial charge in [-0.05, 0) is 112 Å². The summed E-state index contributed by atoms with van der Waals surface area (Å²) in [6.07, 6.45) is 8.28. The van der Waals surface area contributed by atoms with Gasteiger partial charge in [-0.3, -0.25) is 9.69 Å². The summed E-state index contributed by atoms with van der Waals surface area (Å²) in [6, 6.07) is 20.5. The summed E-state index contributed by atoms with van der Waals surface area (Å²) in [6.45, 7) is 8.06. The Morgan fingerprint density at radius 1 is 1.00 bits per heavy atom. The van der Waals surface area contributed by atoms with Gasteiger partial charge in [-0.15, -0.1) is 0 Å². The van der Waals surface area contributed by atoms with E-state index >= 15 is 0 Å². The van der Waals surface area contributed by atoms with Crippen LogP contribution in [-0.2, 0) is 27.8 Å². The zero-order valence-electron chi connectivity index (χ0n) is 28.2. The standard InChI is InChI=1S/C41H43N3O4/c1-41(2)32-11-4-5-12-34(32)44(21-22-48-40(47)27-16-14-26(15-17-27)33-13-8-18-42(33)3)35(41)25-31-38(45)36(39(31)46)30-23-28-9-6-19-43-20-7-10-29(24-30)37(28)43/h4-5,11-12,14-17,23-25,33H,6-10,13,18-22H2,1-3H3. The first kappa shape index (κ1) is 30.8. The van der Waals surface area contributed by atoms with Gasteiger partial charge in [0.25, 0.3) is 0 Å². The number of anilines is 1. The van der Waals surface area contributed by atoms with Crippen molar-refractivity contribution in [2.75, 3.05) is 44.7 Å². The molecule has 7 nitrogen and oxygen atoms in total. The van der Waals surface area contributed by atoms with Gasteiger partial charge in [-0.25, -0.2) is 4.79 Å². The molecule has 5 aliphatic rings. The van der Waals surface area contributed by atoms with Crippen molar-refractivity contribution in [3.8, 4) is 0 Å². The fraction of sp³-hybridized carbons (Fsp3) is 0.390. The summed E-state index contributed by atoms with van der Waals surface area (Å²) in [5.41, 5.74) is 9.43. The predicted octanol–water partition coefficient (Wildman–Crippen LogP) is 5.67. The maximum absolute atomic E-state index is 13.7. The second kappa shape index (κ2) is 11.9. The first-order valence-electron chi connectivity index (χ1n) is 17.5. The highest BCUT2D eigenvalue weighted by Crippen LogP contribution is 2.44. The molecule has 0 saturated carbocycles. The van der Waals surface area contributed by atoms with Crippen molar-refractivity contribution in [1.82, 2.24) is 4.90 Å². The number of ketones is 1. The number of likely N-dealkylation sites (tertiary alicyclic amines) is 1. The first-order valence-corrected chi connectivity index (χ1v) is 17.5. The summed E-state index contributed by atoms with van der Waals surface area (Å²) in [4.78, 5) is 31.6. The van der Waals surface area contributed by atoms with Gasteiger partial charge < -0.3 is 14.7 Å². The Bertz CT molecular complexity index is 1900. The lowest BCUT2D eigenvalue weighted by Crippen LogP contribution is -2.35. The van der Waals surface area contributed by atoms with Crippen LogP contribution in [0.5, 0.6) is 0 Å². The fourth-order valence-electron chi connectivity index (χ4n) is 8.72. The maximum Gasteiger partial charge on any atom is 0.338 e. The molecule has 4 heterocycles. The normalized spacial score (nSPS) is 22.2. The number of allylic oxidation sites excluding steroid dienone is 3. The third kappa shape index (κ3) is 5.02. The minimum absolute atomic E-state index is 0.164. The van der Waals surface area contributed by atoms with Crippen LogP contribution >= 0.6 is 0 Å². The smallest absolute Gasteiger partial charge is 0.338 e. The third-order valence-electron chi connectivity index (χ3n) is 11.2.